The van der Waals surface area contributed by atoms with Crippen LogP contribution >= 0.6 is 15.9 Å². The van der Waals surface area contributed by atoms with Gasteiger partial charge in [0.05, 0.1) is 18.4 Å². The number of carbonyl (C=O) groups excluding carboxylic acids is 1. The minimum atomic E-state index is -3.61. The Bertz CT molecular complexity index is 542. The molecule has 100 valence electrons. The van der Waals surface area contributed by atoms with Gasteiger partial charge in [0.1, 0.15) is 0 Å². The topological polar surface area (TPSA) is 72.5 Å². The van der Waals surface area contributed by atoms with Gasteiger partial charge in [0.25, 0.3) is 0 Å². The first-order chi connectivity index (χ1) is 8.36. The van der Waals surface area contributed by atoms with Crippen molar-refractivity contribution in [2.24, 2.45) is 0 Å². The van der Waals surface area contributed by atoms with Crippen LogP contribution < -0.4 is 4.72 Å². The largest absolute Gasteiger partial charge is 0.469 e. The van der Waals surface area contributed by atoms with E-state index in [1.165, 1.54) is 13.2 Å². The number of halogens is 1. The van der Waals surface area contributed by atoms with Crippen molar-refractivity contribution in [3.63, 3.8) is 0 Å². The molecule has 0 saturated carbocycles. The summed E-state index contributed by atoms with van der Waals surface area (Å²) in [5, 5.41) is 0. The van der Waals surface area contributed by atoms with Gasteiger partial charge in [0.2, 0.25) is 10.0 Å². The van der Waals surface area contributed by atoms with Crippen LogP contribution in [0.1, 0.15) is 12.0 Å². The van der Waals surface area contributed by atoms with Gasteiger partial charge in [-0.15, -0.1) is 0 Å². The number of esters is 1. The van der Waals surface area contributed by atoms with Crippen LogP contribution in [0, 0.1) is 6.92 Å². The number of ether oxygens (including phenoxy) is 1. The van der Waals surface area contributed by atoms with Crippen LogP contribution in [0.2, 0.25) is 0 Å². The number of methoxy groups -OCH3 is 1. The number of nitrogens with one attached hydrogen (secondary N) is 1. The Labute approximate surface area is 115 Å². The number of hydrogen-bond donors (Lipinski definition) is 1. The van der Waals surface area contributed by atoms with Crippen LogP contribution in [0.4, 0.5) is 0 Å². The standard InChI is InChI=1S/C11H14BrNO4S/c1-8-3-4-9(12)7-10(8)18(15,16)13-6-5-11(14)17-2/h3-4,7,13H,5-6H2,1-2H3. The fourth-order valence-electron chi connectivity index (χ4n) is 1.33. The maximum absolute atomic E-state index is 12.0. The molecule has 0 atom stereocenters. The zero-order valence-electron chi connectivity index (χ0n) is 10.1. The third-order valence-corrected chi connectivity index (χ3v) is 4.38. The summed E-state index contributed by atoms with van der Waals surface area (Å²) in [5.74, 6) is -0.455. The van der Waals surface area contributed by atoms with Gasteiger partial charge in [-0.1, -0.05) is 22.0 Å². The summed E-state index contributed by atoms with van der Waals surface area (Å²) >= 11 is 3.23. The SMILES string of the molecule is COC(=O)CCNS(=O)(=O)c1cc(Br)ccc1C. The molecule has 0 aliphatic heterocycles. The third-order valence-electron chi connectivity index (χ3n) is 2.29. The average Bonchev–Trinajstić information content (AvgIpc) is 2.31. The Morgan fingerprint density at radius 3 is 2.72 bits per heavy atom. The van der Waals surface area contributed by atoms with Crippen molar-refractivity contribution in [3.8, 4) is 0 Å². The van der Waals surface area contributed by atoms with Gasteiger partial charge in [-0.25, -0.2) is 13.1 Å². The van der Waals surface area contributed by atoms with E-state index < -0.39 is 16.0 Å². The lowest BCUT2D eigenvalue weighted by Crippen LogP contribution is -2.27. The lowest BCUT2D eigenvalue weighted by atomic mass is 10.2. The molecule has 0 aliphatic carbocycles. The van der Waals surface area contributed by atoms with Crippen molar-refractivity contribution >= 4 is 31.9 Å². The Kier molecular flexibility index (Phi) is 5.30. The lowest BCUT2D eigenvalue weighted by Gasteiger charge is -2.09. The van der Waals surface area contributed by atoms with Gasteiger partial charge in [-0.05, 0) is 24.6 Å². The van der Waals surface area contributed by atoms with Gasteiger partial charge in [-0.3, -0.25) is 4.79 Å². The third kappa shape index (κ3) is 4.08. The normalized spacial score (nSPS) is 11.3. The Hall–Kier alpha value is -0.920. The second kappa shape index (κ2) is 6.31. The number of sulfonamides is 1. The highest BCUT2D eigenvalue weighted by molar-refractivity contribution is 9.10. The van der Waals surface area contributed by atoms with E-state index >= 15 is 0 Å². The van der Waals surface area contributed by atoms with E-state index in [4.69, 9.17) is 0 Å². The summed E-state index contributed by atoms with van der Waals surface area (Å²) in [7, 11) is -2.35. The first-order valence-corrected chi connectivity index (χ1v) is 7.47. The molecule has 1 aromatic carbocycles. The summed E-state index contributed by atoms with van der Waals surface area (Å²) < 4.78 is 31.5. The van der Waals surface area contributed by atoms with E-state index in [0.717, 1.165) is 0 Å². The second-order valence-electron chi connectivity index (χ2n) is 3.63. The zero-order chi connectivity index (χ0) is 13.8. The molecule has 7 heteroatoms. The molecule has 1 aromatic rings. The smallest absolute Gasteiger partial charge is 0.306 e. The Balaban J connectivity index is 2.80. The maximum atomic E-state index is 12.0. The van der Waals surface area contributed by atoms with Crippen LogP contribution in [-0.2, 0) is 19.6 Å². The number of rotatable bonds is 5. The van der Waals surface area contributed by atoms with Gasteiger partial charge in [0.15, 0.2) is 0 Å². The first-order valence-electron chi connectivity index (χ1n) is 5.19. The minimum absolute atomic E-state index is 0.00276. The molecule has 5 nitrogen and oxygen atoms in total. The summed E-state index contributed by atoms with van der Waals surface area (Å²) in [6.45, 7) is 1.72. The summed E-state index contributed by atoms with van der Waals surface area (Å²) in [6, 6.07) is 5.00. The van der Waals surface area contributed by atoms with Crippen molar-refractivity contribution in [2.45, 2.75) is 18.2 Å². The van der Waals surface area contributed by atoms with Crippen molar-refractivity contribution < 1.29 is 17.9 Å². The molecule has 0 aliphatic rings. The fourth-order valence-corrected chi connectivity index (χ4v) is 3.14. The predicted molar refractivity (Wildman–Crippen MR) is 70.7 cm³/mol. The van der Waals surface area contributed by atoms with Crippen molar-refractivity contribution in [3.05, 3.63) is 28.2 Å². The molecule has 0 saturated heterocycles. The molecule has 1 rings (SSSR count). The fraction of sp³-hybridized carbons (Fsp3) is 0.364. The monoisotopic (exact) mass is 335 g/mol. The predicted octanol–water partition coefficient (Wildman–Crippen LogP) is 1.60. The number of carbonyl (C=O) groups is 1. The molecular formula is C11H14BrNO4S. The van der Waals surface area contributed by atoms with Crippen LogP contribution in [0.5, 0.6) is 0 Å². The molecule has 0 aromatic heterocycles. The van der Waals surface area contributed by atoms with Crippen LogP contribution in [0.3, 0.4) is 0 Å². The van der Waals surface area contributed by atoms with E-state index in [1.54, 1.807) is 19.1 Å². The molecule has 0 bridgehead atoms. The molecule has 18 heavy (non-hydrogen) atoms. The quantitative estimate of drug-likeness (QED) is 0.829. The highest BCUT2D eigenvalue weighted by Crippen LogP contribution is 2.20. The molecule has 0 fully saturated rings. The summed E-state index contributed by atoms with van der Waals surface area (Å²) in [4.78, 5) is 11.1. The van der Waals surface area contributed by atoms with Crippen LogP contribution in [0.25, 0.3) is 0 Å². The molecular weight excluding hydrogens is 322 g/mol. The molecule has 0 radical (unpaired) electrons. The second-order valence-corrected chi connectivity index (χ2v) is 6.28. The van der Waals surface area contributed by atoms with Crippen molar-refractivity contribution in [1.82, 2.24) is 4.72 Å². The van der Waals surface area contributed by atoms with Gasteiger partial charge in [-0.2, -0.15) is 0 Å². The zero-order valence-corrected chi connectivity index (χ0v) is 12.5. The van der Waals surface area contributed by atoms with Crippen molar-refractivity contribution in [1.29, 1.82) is 0 Å². The van der Waals surface area contributed by atoms with E-state index in [0.29, 0.717) is 10.0 Å². The van der Waals surface area contributed by atoms with Crippen LogP contribution in [-0.4, -0.2) is 28.0 Å². The highest BCUT2D eigenvalue weighted by Gasteiger charge is 2.17. The minimum Gasteiger partial charge on any atom is -0.469 e. The first kappa shape index (κ1) is 15.1. The van der Waals surface area contributed by atoms with Crippen molar-refractivity contribution in [2.75, 3.05) is 13.7 Å². The van der Waals surface area contributed by atoms with Gasteiger partial charge >= 0.3 is 5.97 Å². The van der Waals surface area contributed by atoms with Gasteiger partial charge < -0.3 is 4.74 Å². The Morgan fingerprint density at radius 1 is 1.44 bits per heavy atom. The lowest BCUT2D eigenvalue weighted by molar-refractivity contribution is -0.140. The maximum Gasteiger partial charge on any atom is 0.306 e. The highest BCUT2D eigenvalue weighted by atomic mass is 79.9. The van der Waals surface area contributed by atoms with Gasteiger partial charge in [0, 0.05) is 11.0 Å². The average molecular weight is 336 g/mol. The number of benzene rings is 1. The van der Waals surface area contributed by atoms with Crippen LogP contribution in [0.15, 0.2) is 27.6 Å². The molecule has 0 unspecified atom stereocenters. The van der Waals surface area contributed by atoms with E-state index in [2.05, 4.69) is 25.4 Å². The van der Waals surface area contributed by atoms with E-state index in [1.807, 2.05) is 0 Å². The summed E-state index contributed by atoms with van der Waals surface area (Å²) in [5.41, 5.74) is 0.642. The number of aryl methyl sites for hydroxylation is 1. The molecule has 0 spiro atoms. The Morgan fingerprint density at radius 2 is 2.11 bits per heavy atom. The molecule has 0 amide bonds. The number of hydrogen-bond acceptors (Lipinski definition) is 4. The molecule has 0 heterocycles. The van der Waals surface area contributed by atoms with E-state index in [-0.39, 0.29) is 17.9 Å². The van der Waals surface area contributed by atoms with E-state index in [9.17, 15) is 13.2 Å². The molecule has 1 N–H and O–H groups in total. The summed E-state index contributed by atoms with van der Waals surface area (Å²) in [6.07, 6.45) is 0.00276.